The zero-order valence-corrected chi connectivity index (χ0v) is 10.1. The van der Waals surface area contributed by atoms with Crippen LogP contribution >= 0.6 is 11.6 Å². The highest BCUT2D eigenvalue weighted by molar-refractivity contribution is 6.29. The van der Waals surface area contributed by atoms with Gasteiger partial charge in [0.15, 0.2) is 0 Å². The molecule has 1 aromatic rings. The Morgan fingerprint density at radius 2 is 2.29 bits per heavy atom. The summed E-state index contributed by atoms with van der Waals surface area (Å²) in [5, 5.41) is 8.81. The number of alkyl halides is 1. The van der Waals surface area contributed by atoms with Crippen LogP contribution in [0.5, 0.6) is 0 Å². The van der Waals surface area contributed by atoms with Gasteiger partial charge in [-0.1, -0.05) is 6.07 Å². The minimum absolute atomic E-state index is 0.0682. The topological polar surface area (TPSA) is 61.2 Å². The van der Waals surface area contributed by atoms with E-state index < -0.39 is 0 Å². The first-order valence-electron chi connectivity index (χ1n) is 4.94. The van der Waals surface area contributed by atoms with Crippen LogP contribution in [0.15, 0.2) is 18.2 Å². The Labute approximate surface area is 104 Å². The second-order valence-corrected chi connectivity index (χ2v) is 3.68. The van der Waals surface area contributed by atoms with E-state index in [9.17, 15) is 9.59 Å². The number of hydrogen-bond donors (Lipinski definition) is 0. The lowest BCUT2D eigenvalue weighted by Gasteiger charge is -2.21. The molecule has 0 heterocycles. The summed E-state index contributed by atoms with van der Waals surface area (Å²) in [6.07, 6.45) is 0.628. The zero-order chi connectivity index (χ0) is 12.8. The van der Waals surface area contributed by atoms with Crippen molar-refractivity contribution in [2.24, 2.45) is 0 Å². The summed E-state index contributed by atoms with van der Waals surface area (Å²) in [7, 11) is 0. The number of aryl methyl sites for hydroxylation is 1. The van der Waals surface area contributed by atoms with E-state index in [-0.39, 0.29) is 18.3 Å². The van der Waals surface area contributed by atoms with E-state index in [0.717, 1.165) is 5.56 Å². The lowest BCUT2D eigenvalue weighted by atomic mass is 10.1. The molecule has 17 heavy (non-hydrogen) atoms. The molecule has 0 N–H and O–H groups in total. The molecule has 0 radical (unpaired) electrons. The molecule has 0 aromatic heterocycles. The first kappa shape index (κ1) is 13.2. The zero-order valence-electron chi connectivity index (χ0n) is 9.31. The Kier molecular flexibility index (Phi) is 4.68. The Bertz CT molecular complexity index is 480. The van der Waals surface area contributed by atoms with Crippen LogP contribution in [0.25, 0.3) is 0 Å². The van der Waals surface area contributed by atoms with E-state index in [1.54, 1.807) is 25.1 Å². The molecule has 0 unspecified atom stereocenters. The van der Waals surface area contributed by atoms with Gasteiger partial charge in [0.25, 0.3) is 0 Å². The first-order valence-corrected chi connectivity index (χ1v) is 5.48. The van der Waals surface area contributed by atoms with Gasteiger partial charge in [0.2, 0.25) is 5.91 Å². The fourth-order valence-electron chi connectivity index (χ4n) is 1.45. The maximum Gasteiger partial charge on any atom is 0.242 e. The van der Waals surface area contributed by atoms with Crippen LogP contribution in [0.2, 0.25) is 0 Å². The largest absolute Gasteiger partial charge is 0.304 e. The number of rotatable bonds is 4. The summed E-state index contributed by atoms with van der Waals surface area (Å²) in [6, 6.07) is 6.95. The second-order valence-electron chi connectivity index (χ2n) is 3.42. The van der Waals surface area contributed by atoms with Gasteiger partial charge in [0.1, 0.15) is 12.2 Å². The molecule has 0 atom stereocenters. The van der Waals surface area contributed by atoms with Crippen molar-refractivity contribution < 1.29 is 9.59 Å². The summed E-state index contributed by atoms with van der Waals surface area (Å²) >= 11 is 5.49. The third-order valence-corrected chi connectivity index (χ3v) is 2.53. The highest BCUT2D eigenvalue weighted by Crippen LogP contribution is 2.21. The summed E-state index contributed by atoms with van der Waals surface area (Å²) < 4.78 is 0. The maximum absolute atomic E-state index is 11.6. The van der Waals surface area contributed by atoms with Crippen LogP contribution in [-0.4, -0.2) is 24.6 Å². The summed E-state index contributed by atoms with van der Waals surface area (Å²) in [4.78, 5) is 23.5. The van der Waals surface area contributed by atoms with Gasteiger partial charge < -0.3 is 9.69 Å². The minimum atomic E-state index is -0.364. The average Bonchev–Trinajstić information content (AvgIpc) is 2.36. The van der Waals surface area contributed by atoms with Crippen molar-refractivity contribution in [2.75, 3.05) is 17.3 Å². The molecule has 5 heteroatoms. The van der Waals surface area contributed by atoms with Gasteiger partial charge in [-0.2, -0.15) is 5.26 Å². The number of carbonyl (C=O) groups is 2. The number of benzene rings is 1. The van der Waals surface area contributed by atoms with Crippen LogP contribution in [0.4, 0.5) is 5.69 Å². The number of aldehydes is 1. The molecule has 1 aromatic carbocycles. The predicted octanol–water partition coefficient (Wildman–Crippen LogP) is 1.64. The van der Waals surface area contributed by atoms with E-state index in [1.807, 2.05) is 6.07 Å². The monoisotopic (exact) mass is 250 g/mol. The summed E-state index contributed by atoms with van der Waals surface area (Å²) in [6.45, 7) is 1.73. The highest BCUT2D eigenvalue weighted by Gasteiger charge is 2.16. The van der Waals surface area contributed by atoms with Crippen molar-refractivity contribution in [3.05, 3.63) is 29.3 Å². The number of halogens is 1. The standard InChI is InChI=1S/C12H11ClN2O2/c1-9-2-3-10(8-14)6-11(9)15(4-5-16)12(17)7-13/h2-3,5-6H,4,7H2,1H3. The third kappa shape index (κ3) is 3.05. The van der Waals surface area contributed by atoms with Crippen molar-refractivity contribution in [2.45, 2.75) is 6.92 Å². The molecule has 0 fully saturated rings. The molecule has 1 amide bonds. The molecule has 0 spiro atoms. The number of hydrogen-bond acceptors (Lipinski definition) is 3. The van der Waals surface area contributed by atoms with Crippen LogP contribution < -0.4 is 4.90 Å². The Morgan fingerprint density at radius 1 is 1.59 bits per heavy atom. The number of nitriles is 1. The first-order chi connectivity index (χ1) is 8.13. The van der Waals surface area contributed by atoms with Gasteiger partial charge in [-0.15, -0.1) is 11.6 Å². The molecule has 0 aliphatic heterocycles. The quantitative estimate of drug-likeness (QED) is 0.603. The minimum Gasteiger partial charge on any atom is -0.304 e. The molecule has 88 valence electrons. The molecule has 1 rings (SSSR count). The molecular formula is C12H11ClN2O2. The van der Waals surface area contributed by atoms with E-state index >= 15 is 0 Å². The normalized spacial score (nSPS) is 9.47. The molecule has 0 aliphatic carbocycles. The van der Waals surface area contributed by atoms with E-state index in [4.69, 9.17) is 16.9 Å². The van der Waals surface area contributed by atoms with Crippen LogP contribution in [0, 0.1) is 18.3 Å². The average molecular weight is 251 g/mol. The molecule has 0 aliphatic rings. The highest BCUT2D eigenvalue weighted by atomic mass is 35.5. The molecule has 0 bridgehead atoms. The third-order valence-electron chi connectivity index (χ3n) is 2.30. The van der Waals surface area contributed by atoms with E-state index in [0.29, 0.717) is 17.5 Å². The lowest BCUT2D eigenvalue weighted by Crippen LogP contribution is -2.34. The number of carbonyl (C=O) groups excluding carboxylic acids is 2. The Hall–Kier alpha value is -1.86. The number of amides is 1. The van der Waals surface area contributed by atoms with Crippen molar-refractivity contribution in [1.82, 2.24) is 0 Å². The molecular weight excluding hydrogens is 240 g/mol. The smallest absolute Gasteiger partial charge is 0.242 e. The fraction of sp³-hybridized carbons (Fsp3) is 0.250. The molecule has 4 nitrogen and oxygen atoms in total. The van der Waals surface area contributed by atoms with Gasteiger partial charge in [0, 0.05) is 5.69 Å². The SMILES string of the molecule is Cc1ccc(C#N)cc1N(CC=O)C(=O)CCl. The molecule has 0 saturated heterocycles. The lowest BCUT2D eigenvalue weighted by molar-refractivity contribution is -0.117. The van der Waals surface area contributed by atoms with Crippen molar-refractivity contribution in [1.29, 1.82) is 5.26 Å². The van der Waals surface area contributed by atoms with E-state index in [1.165, 1.54) is 4.90 Å². The van der Waals surface area contributed by atoms with Crippen LogP contribution in [0.3, 0.4) is 0 Å². The van der Waals surface area contributed by atoms with Crippen LogP contribution in [-0.2, 0) is 9.59 Å². The van der Waals surface area contributed by atoms with Crippen molar-refractivity contribution in [3.8, 4) is 6.07 Å². The van der Waals surface area contributed by atoms with Gasteiger partial charge in [-0.3, -0.25) is 4.79 Å². The van der Waals surface area contributed by atoms with Gasteiger partial charge >= 0.3 is 0 Å². The summed E-state index contributed by atoms with van der Waals surface area (Å²) in [5.41, 5.74) is 1.79. The van der Waals surface area contributed by atoms with Gasteiger partial charge in [0.05, 0.1) is 18.2 Å². The summed E-state index contributed by atoms with van der Waals surface area (Å²) in [5.74, 6) is -0.568. The van der Waals surface area contributed by atoms with Gasteiger partial charge in [-0.05, 0) is 24.6 Å². The number of nitrogens with zero attached hydrogens (tertiary/aromatic N) is 2. The van der Waals surface area contributed by atoms with E-state index in [2.05, 4.69) is 0 Å². The van der Waals surface area contributed by atoms with Crippen LogP contribution in [0.1, 0.15) is 11.1 Å². The Balaban J connectivity index is 3.22. The van der Waals surface area contributed by atoms with Crippen molar-refractivity contribution >= 4 is 29.5 Å². The second kappa shape index (κ2) is 6.02. The fourth-order valence-corrected chi connectivity index (χ4v) is 1.60. The maximum atomic E-state index is 11.6. The predicted molar refractivity (Wildman–Crippen MR) is 65.0 cm³/mol. The van der Waals surface area contributed by atoms with Crippen molar-refractivity contribution in [3.63, 3.8) is 0 Å². The Morgan fingerprint density at radius 3 is 2.82 bits per heavy atom. The number of anilines is 1. The molecule has 0 saturated carbocycles. The van der Waals surface area contributed by atoms with Gasteiger partial charge in [-0.25, -0.2) is 0 Å².